The van der Waals surface area contributed by atoms with Gasteiger partial charge in [-0.3, -0.25) is 14.6 Å². The molecule has 0 aliphatic carbocycles. The van der Waals surface area contributed by atoms with Gasteiger partial charge in [0.15, 0.2) is 0 Å². The number of carbonyl (C=O) groups excluding carboxylic acids is 1. The van der Waals surface area contributed by atoms with Crippen molar-refractivity contribution in [3.05, 3.63) is 84.4 Å². The Kier molecular flexibility index (Phi) is 8.15. The van der Waals surface area contributed by atoms with E-state index in [1.54, 1.807) is 42.6 Å². The molecule has 0 radical (unpaired) electrons. The van der Waals surface area contributed by atoms with E-state index < -0.39 is 22.0 Å². The summed E-state index contributed by atoms with van der Waals surface area (Å²) < 4.78 is 27.7. The van der Waals surface area contributed by atoms with E-state index >= 15 is 0 Å². The Morgan fingerprint density at radius 1 is 0.900 bits per heavy atom. The number of nitrogens with two attached hydrogens (primary N) is 1. The fraction of sp³-hybridized carbons (Fsp3) is 0.345. The second-order valence-electron chi connectivity index (χ2n) is 10.4. The summed E-state index contributed by atoms with van der Waals surface area (Å²) in [6.07, 6.45) is 1.61. The Morgan fingerprint density at radius 2 is 1.55 bits per heavy atom. The zero-order valence-corrected chi connectivity index (χ0v) is 23.6. The summed E-state index contributed by atoms with van der Waals surface area (Å²) in [6, 6.07) is 19.3. The van der Waals surface area contributed by atoms with Gasteiger partial charge in [-0.1, -0.05) is 44.2 Å². The maximum absolute atomic E-state index is 13.2. The number of benzene rings is 2. The van der Waals surface area contributed by atoms with Gasteiger partial charge in [-0.05, 0) is 42.3 Å². The van der Waals surface area contributed by atoms with Gasteiger partial charge < -0.3 is 11.1 Å². The molecule has 210 valence electrons. The molecule has 3 heterocycles. The van der Waals surface area contributed by atoms with Gasteiger partial charge >= 0.3 is 0 Å². The van der Waals surface area contributed by atoms with E-state index in [0.717, 1.165) is 42.8 Å². The zero-order valence-electron chi connectivity index (χ0n) is 22.8. The first-order chi connectivity index (χ1) is 19.2. The molecule has 40 heavy (non-hydrogen) atoms. The Morgan fingerprint density at radius 3 is 2.23 bits per heavy atom. The number of fused-ring (bicyclic) bond motifs is 1. The molecule has 1 aliphatic heterocycles. The Balaban J connectivity index is 1.26. The first-order valence-corrected chi connectivity index (χ1v) is 14.9. The Hall–Kier alpha value is -3.80. The van der Waals surface area contributed by atoms with Crippen LogP contribution in [0.25, 0.3) is 10.9 Å². The van der Waals surface area contributed by atoms with Crippen LogP contribution in [0.5, 0.6) is 0 Å². The third kappa shape index (κ3) is 6.01. The van der Waals surface area contributed by atoms with E-state index in [0.29, 0.717) is 24.7 Å². The lowest BCUT2D eigenvalue weighted by atomic mass is 10.0. The Labute approximate surface area is 234 Å². The van der Waals surface area contributed by atoms with Crippen LogP contribution in [0.1, 0.15) is 25.4 Å². The smallest absolute Gasteiger partial charge is 0.267 e. The molecular weight excluding hydrogens is 526 g/mol. The van der Waals surface area contributed by atoms with Crippen LogP contribution in [0.3, 0.4) is 0 Å². The molecule has 11 heteroatoms. The minimum absolute atomic E-state index is 0.00606. The summed E-state index contributed by atoms with van der Waals surface area (Å²) >= 11 is 0. The molecule has 0 unspecified atom stereocenters. The minimum Gasteiger partial charge on any atom is -0.368 e. The summed E-state index contributed by atoms with van der Waals surface area (Å²) in [6.45, 7) is 8.15. The number of anilines is 1. The zero-order chi connectivity index (χ0) is 28.3. The standard InChI is InChI=1S/C29H35N7O3S/c1-21(2)27(28(30)37)33-29-24-12-6-7-13-25(24)31-26(32-29)20-35-17-15-34(16-18-35)19-22-9-8-14-36(22)40(38,39)23-10-4-3-5-11-23/h3-14,21,27H,15-20H2,1-2H3,(H2,30,37)(H,31,32,33)/t27-/m0/s1. The van der Waals surface area contributed by atoms with E-state index in [2.05, 4.69) is 15.1 Å². The number of carbonyl (C=O) groups is 1. The predicted octanol–water partition coefficient (Wildman–Crippen LogP) is 2.91. The fourth-order valence-electron chi connectivity index (χ4n) is 5.02. The number of aromatic nitrogens is 3. The molecule has 0 bridgehead atoms. The lowest BCUT2D eigenvalue weighted by molar-refractivity contribution is -0.119. The summed E-state index contributed by atoms with van der Waals surface area (Å²) in [4.78, 5) is 26.4. The van der Waals surface area contributed by atoms with Crippen molar-refractivity contribution in [2.24, 2.45) is 11.7 Å². The SMILES string of the molecule is CC(C)[C@H](Nc1nc(CN2CCN(Cc3cccn3S(=O)(=O)c3ccccc3)CC2)nc2ccccc12)C(N)=O. The van der Waals surface area contributed by atoms with E-state index in [1.807, 2.05) is 44.2 Å². The van der Waals surface area contributed by atoms with Gasteiger partial charge in [-0.25, -0.2) is 22.4 Å². The molecule has 2 aromatic carbocycles. The summed E-state index contributed by atoms with van der Waals surface area (Å²) in [5.74, 6) is 0.867. The maximum Gasteiger partial charge on any atom is 0.267 e. The number of piperazine rings is 1. The number of rotatable bonds is 10. The van der Waals surface area contributed by atoms with Crippen molar-refractivity contribution in [1.29, 1.82) is 0 Å². The number of nitrogens with zero attached hydrogens (tertiary/aromatic N) is 5. The largest absolute Gasteiger partial charge is 0.368 e. The highest BCUT2D eigenvalue weighted by Gasteiger charge is 2.24. The van der Waals surface area contributed by atoms with E-state index in [9.17, 15) is 13.2 Å². The maximum atomic E-state index is 13.2. The van der Waals surface area contributed by atoms with Gasteiger partial charge in [0.05, 0.1) is 17.0 Å². The molecule has 1 saturated heterocycles. The van der Waals surface area contributed by atoms with E-state index in [4.69, 9.17) is 15.7 Å². The second kappa shape index (κ2) is 11.7. The first-order valence-electron chi connectivity index (χ1n) is 13.5. The van der Waals surface area contributed by atoms with E-state index in [-0.39, 0.29) is 10.8 Å². The van der Waals surface area contributed by atoms with Crippen molar-refractivity contribution in [2.45, 2.75) is 37.9 Å². The van der Waals surface area contributed by atoms with Crippen LogP contribution in [0.4, 0.5) is 5.82 Å². The summed E-state index contributed by atoms with van der Waals surface area (Å²) in [5.41, 5.74) is 7.19. The normalized spacial score (nSPS) is 15.9. The fourth-order valence-corrected chi connectivity index (χ4v) is 6.40. The highest BCUT2D eigenvalue weighted by atomic mass is 32.2. The van der Waals surface area contributed by atoms with Crippen molar-refractivity contribution < 1.29 is 13.2 Å². The summed E-state index contributed by atoms with van der Waals surface area (Å²) in [5, 5.41) is 4.10. The molecule has 1 aliphatic rings. The van der Waals surface area contributed by atoms with E-state index in [1.165, 1.54) is 3.97 Å². The van der Waals surface area contributed by atoms with Crippen LogP contribution in [0.2, 0.25) is 0 Å². The van der Waals surface area contributed by atoms with Crippen molar-refractivity contribution in [2.75, 3.05) is 31.5 Å². The second-order valence-corrected chi connectivity index (χ2v) is 12.3. The molecule has 4 aromatic rings. The molecule has 0 spiro atoms. The average Bonchev–Trinajstić information content (AvgIpc) is 3.42. The number of primary amides is 1. The third-order valence-electron chi connectivity index (χ3n) is 7.22. The average molecular weight is 562 g/mol. The van der Waals surface area contributed by atoms with Crippen molar-refractivity contribution in [3.63, 3.8) is 0 Å². The predicted molar refractivity (Wildman–Crippen MR) is 155 cm³/mol. The summed E-state index contributed by atoms with van der Waals surface area (Å²) in [7, 11) is -3.64. The molecule has 1 fully saturated rings. The van der Waals surface area contributed by atoms with Crippen LogP contribution in [-0.4, -0.2) is 70.3 Å². The highest BCUT2D eigenvalue weighted by molar-refractivity contribution is 7.90. The minimum atomic E-state index is -3.64. The molecule has 3 N–H and O–H groups in total. The van der Waals surface area contributed by atoms with Crippen LogP contribution in [-0.2, 0) is 27.9 Å². The molecule has 0 saturated carbocycles. The number of nitrogens with one attached hydrogen (secondary N) is 1. The monoisotopic (exact) mass is 561 g/mol. The topological polar surface area (TPSA) is 126 Å². The molecule has 1 atom stereocenters. The van der Waals surface area contributed by atoms with Gasteiger partial charge in [0, 0.05) is 50.0 Å². The van der Waals surface area contributed by atoms with Gasteiger partial charge in [0.2, 0.25) is 5.91 Å². The van der Waals surface area contributed by atoms with Gasteiger partial charge in [0.1, 0.15) is 17.7 Å². The van der Waals surface area contributed by atoms with Crippen molar-refractivity contribution in [1.82, 2.24) is 23.7 Å². The molecular formula is C29H35N7O3S. The molecule has 1 amide bonds. The number of para-hydroxylation sites is 1. The molecule has 2 aromatic heterocycles. The van der Waals surface area contributed by atoms with Gasteiger partial charge in [-0.2, -0.15) is 0 Å². The van der Waals surface area contributed by atoms with Crippen LogP contribution in [0, 0.1) is 5.92 Å². The lowest BCUT2D eigenvalue weighted by Gasteiger charge is -2.34. The number of amides is 1. The number of hydrogen-bond donors (Lipinski definition) is 2. The van der Waals surface area contributed by atoms with Crippen LogP contribution >= 0.6 is 0 Å². The molecule has 10 nitrogen and oxygen atoms in total. The Bertz CT molecular complexity index is 1580. The van der Waals surface area contributed by atoms with Crippen LogP contribution < -0.4 is 11.1 Å². The lowest BCUT2D eigenvalue weighted by Crippen LogP contribution is -2.46. The first kappa shape index (κ1) is 27.8. The van der Waals surface area contributed by atoms with Crippen molar-refractivity contribution in [3.8, 4) is 0 Å². The third-order valence-corrected chi connectivity index (χ3v) is 8.97. The van der Waals surface area contributed by atoms with Gasteiger partial charge in [0.25, 0.3) is 10.0 Å². The molecule has 5 rings (SSSR count). The quantitative estimate of drug-likeness (QED) is 0.303. The van der Waals surface area contributed by atoms with Crippen LogP contribution in [0.15, 0.2) is 77.8 Å². The number of hydrogen-bond acceptors (Lipinski definition) is 8. The van der Waals surface area contributed by atoms with Crippen molar-refractivity contribution >= 4 is 32.7 Å². The highest BCUT2D eigenvalue weighted by Crippen LogP contribution is 2.23. The van der Waals surface area contributed by atoms with Gasteiger partial charge in [-0.15, -0.1) is 0 Å².